The number of aromatic nitrogens is 2. The Morgan fingerprint density at radius 2 is 1.81 bits per heavy atom. The third-order valence-electron chi connectivity index (χ3n) is 2.40. The summed E-state index contributed by atoms with van der Waals surface area (Å²) in [6.45, 7) is 0. The summed E-state index contributed by atoms with van der Waals surface area (Å²) in [4.78, 5) is 19.3. The van der Waals surface area contributed by atoms with Crippen molar-refractivity contribution in [3.63, 3.8) is 0 Å². The minimum atomic E-state index is -4.75. The van der Waals surface area contributed by atoms with Crippen LogP contribution < -0.4 is 4.74 Å². The fourth-order valence-electron chi connectivity index (χ4n) is 1.52. The second kappa shape index (κ2) is 5.78. The molecule has 0 saturated carbocycles. The van der Waals surface area contributed by atoms with Crippen molar-refractivity contribution in [2.45, 2.75) is 6.36 Å². The first-order valence-electron chi connectivity index (χ1n) is 5.66. The van der Waals surface area contributed by atoms with E-state index in [0.717, 1.165) is 12.1 Å². The highest BCUT2D eigenvalue weighted by Crippen LogP contribution is 2.25. The monoisotopic (exact) mass is 298 g/mol. The van der Waals surface area contributed by atoms with Gasteiger partial charge < -0.3 is 9.47 Å². The number of esters is 1. The van der Waals surface area contributed by atoms with Crippen LogP contribution in [0.2, 0.25) is 0 Å². The molecular weight excluding hydrogens is 289 g/mol. The lowest BCUT2D eigenvalue weighted by Gasteiger charge is -2.09. The van der Waals surface area contributed by atoms with Gasteiger partial charge in [-0.15, -0.1) is 13.2 Å². The standard InChI is InChI=1S/C13H9F3N2O3/c1-20-12(19)10-6-7-17-11(18-10)8-2-4-9(5-3-8)21-13(14,15)16/h2-7H,1H3. The number of carbonyl (C=O) groups excluding carboxylic acids is 1. The molecule has 5 nitrogen and oxygen atoms in total. The molecule has 0 aliphatic heterocycles. The minimum Gasteiger partial charge on any atom is -0.464 e. The SMILES string of the molecule is COC(=O)c1ccnc(-c2ccc(OC(F)(F)F)cc2)n1. The lowest BCUT2D eigenvalue weighted by molar-refractivity contribution is -0.274. The van der Waals surface area contributed by atoms with Gasteiger partial charge in [-0.25, -0.2) is 14.8 Å². The van der Waals surface area contributed by atoms with Gasteiger partial charge in [-0.05, 0) is 30.3 Å². The maximum Gasteiger partial charge on any atom is 0.573 e. The van der Waals surface area contributed by atoms with Gasteiger partial charge in [0.05, 0.1) is 7.11 Å². The Morgan fingerprint density at radius 3 is 2.38 bits per heavy atom. The number of halogens is 3. The average Bonchev–Trinajstić information content (AvgIpc) is 2.45. The number of alkyl halides is 3. The molecule has 1 heterocycles. The fraction of sp³-hybridized carbons (Fsp3) is 0.154. The van der Waals surface area contributed by atoms with Crippen LogP contribution in [0.5, 0.6) is 5.75 Å². The van der Waals surface area contributed by atoms with Crippen LogP contribution in [0.3, 0.4) is 0 Å². The summed E-state index contributed by atoms with van der Waals surface area (Å²) in [5, 5.41) is 0. The van der Waals surface area contributed by atoms with Gasteiger partial charge in [0.15, 0.2) is 11.5 Å². The molecule has 0 fully saturated rings. The molecule has 0 radical (unpaired) electrons. The Bertz CT molecular complexity index is 642. The molecule has 21 heavy (non-hydrogen) atoms. The highest BCUT2D eigenvalue weighted by molar-refractivity contribution is 5.87. The molecule has 1 aromatic heterocycles. The number of hydrogen-bond acceptors (Lipinski definition) is 5. The molecule has 0 aliphatic carbocycles. The summed E-state index contributed by atoms with van der Waals surface area (Å²) in [6, 6.07) is 6.36. The first kappa shape index (κ1) is 14.8. The van der Waals surface area contributed by atoms with Gasteiger partial charge in [0.1, 0.15) is 5.75 Å². The van der Waals surface area contributed by atoms with Crippen molar-refractivity contribution < 1.29 is 27.4 Å². The average molecular weight is 298 g/mol. The van der Waals surface area contributed by atoms with Crippen molar-refractivity contribution in [3.05, 3.63) is 42.2 Å². The van der Waals surface area contributed by atoms with E-state index in [2.05, 4.69) is 19.4 Å². The topological polar surface area (TPSA) is 61.3 Å². The molecule has 0 bridgehead atoms. The number of methoxy groups -OCH3 is 1. The van der Waals surface area contributed by atoms with E-state index in [9.17, 15) is 18.0 Å². The van der Waals surface area contributed by atoms with Crippen LogP contribution in [-0.2, 0) is 4.74 Å². The molecule has 0 unspecified atom stereocenters. The molecule has 2 aromatic rings. The summed E-state index contributed by atoms with van der Waals surface area (Å²) in [6.07, 6.45) is -3.39. The lowest BCUT2D eigenvalue weighted by Crippen LogP contribution is -2.16. The van der Waals surface area contributed by atoms with E-state index in [1.807, 2.05) is 0 Å². The molecule has 0 aliphatic rings. The zero-order valence-corrected chi connectivity index (χ0v) is 10.7. The minimum absolute atomic E-state index is 0.0538. The van der Waals surface area contributed by atoms with Crippen LogP contribution in [-0.4, -0.2) is 29.4 Å². The van der Waals surface area contributed by atoms with E-state index in [4.69, 9.17) is 0 Å². The van der Waals surface area contributed by atoms with Crippen LogP contribution in [0.4, 0.5) is 13.2 Å². The third kappa shape index (κ3) is 3.91. The van der Waals surface area contributed by atoms with Crippen LogP contribution in [0, 0.1) is 0 Å². The highest BCUT2D eigenvalue weighted by Gasteiger charge is 2.31. The van der Waals surface area contributed by atoms with Crippen molar-refractivity contribution >= 4 is 5.97 Å². The second-order valence-electron chi connectivity index (χ2n) is 3.83. The van der Waals surface area contributed by atoms with Gasteiger partial charge in [-0.2, -0.15) is 0 Å². The lowest BCUT2D eigenvalue weighted by atomic mass is 10.2. The normalized spacial score (nSPS) is 11.0. The molecule has 2 rings (SSSR count). The number of carbonyl (C=O) groups is 1. The van der Waals surface area contributed by atoms with Gasteiger partial charge >= 0.3 is 12.3 Å². The Kier molecular flexibility index (Phi) is 4.06. The molecule has 110 valence electrons. The molecule has 8 heteroatoms. The summed E-state index contributed by atoms with van der Waals surface area (Å²) in [5.41, 5.74) is 0.494. The third-order valence-corrected chi connectivity index (χ3v) is 2.40. The van der Waals surface area contributed by atoms with Gasteiger partial charge in [0.2, 0.25) is 0 Å². The predicted octanol–water partition coefficient (Wildman–Crippen LogP) is 2.83. The molecule has 0 spiro atoms. The molecule has 0 N–H and O–H groups in total. The Hall–Kier alpha value is -2.64. The van der Waals surface area contributed by atoms with E-state index in [1.165, 1.54) is 31.5 Å². The van der Waals surface area contributed by atoms with Crippen molar-refractivity contribution in [2.24, 2.45) is 0 Å². The largest absolute Gasteiger partial charge is 0.573 e. The predicted molar refractivity (Wildman–Crippen MR) is 65.5 cm³/mol. The first-order chi connectivity index (χ1) is 9.89. The molecule has 0 atom stereocenters. The Morgan fingerprint density at radius 1 is 1.14 bits per heavy atom. The maximum atomic E-state index is 12.0. The quantitative estimate of drug-likeness (QED) is 0.815. The Balaban J connectivity index is 2.25. The van der Waals surface area contributed by atoms with E-state index < -0.39 is 12.3 Å². The summed E-state index contributed by atoms with van der Waals surface area (Å²) in [7, 11) is 1.22. The maximum absolute atomic E-state index is 12.0. The van der Waals surface area contributed by atoms with E-state index in [-0.39, 0.29) is 17.3 Å². The zero-order valence-electron chi connectivity index (χ0n) is 10.7. The summed E-state index contributed by atoms with van der Waals surface area (Å²) >= 11 is 0. The van der Waals surface area contributed by atoms with Crippen LogP contribution in [0.25, 0.3) is 11.4 Å². The number of ether oxygens (including phenoxy) is 2. The van der Waals surface area contributed by atoms with Crippen molar-refractivity contribution in [3.8, 4) is 17.1 Å². The second-order valence-corrected chi connectivity index (χ2v) is 3.83. The molecular formula is C13H9F3N2O3. The van der Waals surface area contributed by atoms with Gasteiger partial charge in [-0.3, -0.25) is 0 Å². The highest BCUT2D eigenvalue weighted by atomic mass is 19.4. The van der Waals surface area contributed by atoms with Crippen molar-refractivity contribution in [1.82, 2.24) is 9.97 Å². The first-order valence-corrected chi connectivity index (χ1v) is 5.66. The summed E-state index contributed by atoms with van der Waals surface area (Å²) < 4.78 is 44.4. The van der Waals surface area contributed by atoms with Crippen molar-refractivity contribution in [2.75, 3.05) is 7.11 Å². The van der Waals surface area contributed by atoms with Gasteiger partial charge in [-0.1, -0.05) is 0 Å². The van der Waals surface area contributed by atoms with E-state index >= 15 is 0 Å². The van der Waals surface area contributed by atoms with Gasteiger partial charge in [0.25, 0.3) is 0 Å². The van der Waals surface area contributed by atoms with Gasteiger partial charge in [0, 0.05) is 11.8 Å². The zero-order chi connectivity index (χ0) is 15.5. The molecule has 0 amide bonds. The number of hydrogen-bond donors (Lipinski definition) is 0. The fourth-order valence-corrected chi connectivity index (χ4v) is 1.52. The Labute approximate surface area is 117 Å². The smallest absolute Gasteiger partial charge is 0.464 e. The van der Waals surface area contributed by atoms with Crippen LogP contribution in [0.15, 0.2) is 36.5 Å². The number of benzene rings is 1. The number of nitrogens with zero attached hydrogens (tertiary/aromatic N) is 2. The summed E-state index contributed by atoms with van der Waals surface area (Å²) in [5.74, 6) is -0.789. The van der Waals surface area contributed by atoms with Crippen LogP contribution in [0.1, 0.15) is 10.5 Å². The van der Waals surface area contributed by atoms with Crippen molar-refractivity contribution in [1.29, 1.82) is 0 Å². The molecule has 1 aromatic carbocycles. The van der Waals surface area contributed by atoms with E-state index in [1.54, 1.807) is 0 Å². The number of rotatable bonds is 3. The molecule has 0 saturated heterocycles. The van der Waals surface area contributed by atoms with E-state index in [0.29, 0.717) is 5.56 Å². The van der Waals surface area contributed by atoms with Crippen LogP contribution >= 0.6 is 0 Å².